The van der Waals surface area contributed by atoms with Gasteiger partial charge in [-0.15, -0.1) is 0 Å². The lowest BCUT2D eigenvalue weighted by Crippen LogP contribution is -2.48. The van der Waals surface area contributed by atoms with Gasteiger partial charge in [0, 0.05) is 18.8 Å². The van der Waals surface area contributed by atoms with E-state index in [9.17, 15) is 13.2 Å². The molecule has 7 rings (SSSR count). The highest BCUT2D eigenvalue weighted by Crippen LogP contribution is 2.60. The molecular formula is C29H36N2O4S. The van der Waals surface area contributed by atoms with Crippen molar-refractivity contribution in [3.05, 3.63) is 54.1 Å². The number of anilines is 1. The maximum Gasteiger partial charge on any atom is 0.243 e. The van der Waals surface area contributed by atoms with Crippen LogP contribution in [0.5, 0.6) is 5.75 Å². The molecule has 5 fully saturated rings. The van der Waals surface area contributed by atoms with E-state index in [0.29, 0.717) is 30.6 Å². The van der Waals surface area contributed by atoms with E-state index in [-0.39, 0.29) is 23.3 Å². The number of sulfonamides is 1. The molecule has 6 nitrogen and oxygen atoms in total. The molecule has 5 aliphatic rings. The molecule has 0 unspecified atom stereocenters. The van der Waals surface area contributed by atoms with Crippen molar-refractivity contribution in [2.75, 3.05) is 25.5 Å². The summed E-state index contributed by atoms with van der Waals surface area (Å²) in [5.74, 6) is 2.85. The van der Waals surface area contributed by atoms with Gasteiger partial charge in [0.1, 0.15) is 5.75 Å². The Kier molecular flexibility index (Phi) is 6.11. The minimum Gasteiger partial charge on any atom is -0.497 e. The Hall–Kier alpha value is -2.38. The van der Waals surface area contributed by atoms with Crippen LogP contribution >= 0.6 is 0 Å². The number of rotatable bonds is 6. The number of benzene rings is 2. The van der Waals surface area contributed by atoms with Gasteiger partial charge in [-0.3, -0.25) is 4.79 Å². The van der Waals surface area contributed by atoms with Crippen LogP contribution in [0.3, 0.4) is 0 Å². The van der Waals surface area contributed by atoms with E-state index in [2.05, 4.69) is 17.4 Å². The van der Waals surface area contributed by atoms with Crippen LogP contribution in [-0.2, 0) is 20.2 Å². The minimum absolute atomic E-state index is 0.104. The number of carbonyl (C=O) groups is 1. The number of nitrogens with one attached hydrogen (secondary N) is 1. The third kappa shape index (κ3) is 4.34. The highest BCUT2D eigenvalue weighted by atomic mass is 32.2. The van der Waals surface area contributed by atoms with Gasteiger partial charge < -0.3 is 10.1 Å². The molecule has 0 spiro atoms. The molecule has 1 saturated heterocycles. The summed E-state index contributed by atoms with van der Waals surface area (Å²) in [6, 6.07) is 14.9. The largest absolute Gasteiger partial charge is 0.497 e. The summed E-state index contributed by atoms with van der Waals surface area (Å²) in [4.78, 5) is 13.3. The molecule has 4 aliphatic carbocycles. The first kappa shape index (κ1) is 24.0. The van der Waals surface area contributed by atoms with Crippen molar-refractivity contribution in [3.63, 3.8) is 0 Å². The van der Waals surface area contributed by atoms with E-state index in [0.717, 1.165) is 23.4 Å². The zero-order valence-electron chi connectivity index (χ0n) is 21.0. The summed E-state index contributed by atoms with van der Waals surface area (Å²) in [6.45, 7) is 0.628. The molecule has 4 bridgehead atoms. The predicted octanol–water partition coefficient (Wildman–Crippen LogP) is 5.20. The quantitative estimate of drug-likeness (QED) is 0.582. The van der Waals surface area contributed by atoms with Gasteiger partial charge in [0.25, 0.3) is 0 Å². The van der Waals surface area contributed by atoms with Crippen LogP contribution in [0.2, 0.25) is 0 Å². The molecule has 2 aromatic rings. The summed E-state index contributed by atoms with van der Waals surface area (Å²) in [6.07, 6.45) is 9.62. The molecule has 0 aromatic heterocycles. The summed E-state index contributed by atoms with van der Waals surface area (Å²) >= 11 is 0. The number of hydrogen-bond acceptors (Lipinski definition) is 4. The molecular weight excluding hydrogens is 472 g/mol. The summed E-state index contributed by atoms with van der Waals surface area (Å²) in [5, 5.41) is 3.06. The average Bonchev–Trinajstić information content (AvgIpc) is 2.88. The van der Waals surface area contributed by atoms with Gasteiger partial charge in [-0.25, -0.2) is 8.42 Å². The smallest absolute Gasteiger partial charge is 0.243 e. The van der Waals surface area contributed by atoms with Crippen molar-refractivity contribution in [1.29, 1.82) is 0 Å². The summed E-state index contributed by atoms with van der Waals surface area (Å²) in [5.41, 5.74) is 2.58. The van der Waals surface area contributed by atoms with Crippen molar-refractivity contribution >= 4 is 21.6 Å². The highest BCUT2D eigenvalue weighted by Gasteiger charge is 2.51. The number of carbonyl (C=O) groups excluding carboxylic acids is 1. The first-order valence-electron chi connectivity index (χ1n) is 13.4. The Morgan fingerprint density at radius 1 is 0.944 bits per heavy atom. The highest BCUT2D eigenvalue weighted by molar-refractivity contribution is 7.89. The monoisotopic (exact) mass is 508 g/mol. The maximum atomic E-state index is 13.2. The normalized spacial score (nSPS) is 31.8. The Bertz CT molecular complexity index is 1190. The van der Waals surface area contributed by atoms with Gasteiger partial charge in [-0.2, -0.15) is 4.31 Å². The molecule has 1 heterocycles. The molecule has 1 N–H and O–H groups in total. The Morgan fingerprint density at radius 3 is 2.14 bits per heavy atom. The predicted molar refractivity (Wildman–Crippen MR) is 139 cm³/mol. The second-order valence-corrected chi connectivity index (χ2v) is 13.6. The van der Waals surface area contributed by atoms with E-state index in [1.807, 2.05) is 12.1 Å². The summed E-state index contributed by atoms with van der Waals surface area (Å²) < 4.78 is 32.9. The molecule has 0 radical (unpaired) electrons. The summed E-state index contributed by atoms with van der Waals surface area (Å²) in [7, 11) is -2.11. The maximum absolute atomic E-state index is 13.2. The number of ether oxygens (including phenoxy) is 1. The van der Waals surface area contributed by atoms with Gasteiger partial charge in [0.15, 0.2) is 0 Å². The van der Waals surface area contributed by atoms with Crippen molar-refractivity contribution in [1.82, 2.24) is 4.31 Å². The van der Waals surface area contributed by atoms with Crippen LogP contribution in [0.25, 0.3) is 0 Å². The second kappa shape index (κ2) is 9.18. The van der Waals surface area contributed by atoms with Crippen LogP contribution in [-0.4, -0.2) is 38.8 Å². The molecule has 7 heteroatoms. The lowest BCUT2D eigenvalue weighted by molar-refractivity contribution is -0.120. The first-order valence-corrected chi connectivity index (χ1v) is 14.8. The number of piperidine rings is 1. The minimum atomic E-state index is -3.66. The molecule has 1 atom stereocenters. The van der Waals surface area contributed by atoms with Crippen LogP contribution < -0.4 is 10.1 Å². The van der Waals surface area contributed by atoms with Crippen molar-refractivity contribution in [2.24, 2.45) is 23.7 Å². The third-order valence-corrected chi connectivity index (χ3v) is 11.1. The van der Waals surface area contributed by atoms with Gasteiger partial charge in [0.2, 0.25) is 15.9 Å². The fourth-order valence-corrected chi connectivity index (χ4v) is 9.41. The van der Waals surface area contributed by atoms with Crippen LogP contribution in [0.1, 0.15) is 56.9 Å². The van der Waals surface area contributed by atoms with E-state index < -0.39 is 10.0 Å². The van der Waals surface area contributed by atoms with Crippen molar-refractivity contribution in [2.45, 2.75) is 61.7 Å². The number of methoxy groups -OCH3 is 1. The molecule has 1 aliphatic heterocycles. The number of nitrogens with zero attached hydrogens (tertiary/aromatic N) is 1. The topological polar surface area (TPSA) is 75.7 Å². The van der Waals surface area contributed by atoms with Crippen LogP contribution in [0.15, 0.2) is 53.4 Å². The Balaban J connectivity index is 1.11. The van der Waals surface area contributed by atoms with Crippen molar-refractivity contribution in [3.8, 4) is 5.75 Å². The Morgan fingerprint density at radius 2 is 1.56 bits per heavy atom. The third-order valence-electron chi connectivity index (χ3n) is 9.26. The van der Waals surface area contributed by atoms with Crippen LogP contribution in [0.4, 0.5) is 5.69 Å². The molecule has 36 heavy (non-hydrogen) atoms. The van der Waals surface area contributed by atoms with Gasteiger partial charge >= 0.3 is 0 Å². The molecule has 4 saturated carbocycles. The first-order chi connectivity index (χ1) is 17.3. The van der Waals surface area contributed by atoms with Gasteiger partial charge in [0.05, 0.1) is 17.9 Å². The van der Waals surface area contributed by atoms with Gasteiger partial charge in [-0.05, 0) is 116 Å². The zero-order chi connectivity index (χ0) is 24.9. The fourth-order valence-electron chi connectivity index (χ4n) is 7.89. The van der Waals surface area contributed by atoms with Gasteiger partial charge in [-0.1, -0.05) is 12.1 Å². The standard InChI is InChI=1S/C29H36N2O4S/c1-35-26-8-10-27(11-9-26)36(33,34)31-12-2-3-23(19-31)28(32)30-25-6-4-24(5-7-25)29-16-20-13-21(17-29)15-22(14-20)18-29/h4-11,20-23H,2-3,12-19H2,1H3,(H,30,32)/t20?,21?,22?,23-,29?/m0/s1. The van der Waals surface area contributed by atoms with Crippen molar-refractivity contribution < 1.29 is 17.9 Å². The van der Waals surface area contributed by atoms with E-state index >= 15 is 0 Å². The molecule has 192 valence electrons. The second-order valence-electron chi connectivity index (χ2n) is 11.6. The number of amides is 1. The lowest BCUT2D eigenvalue weighted by atomic mass is 9.48. The Labute approximate surface area is 214 Å². The average molecular weight is 509 g/mol. The van der Waals surface area contributed by atoms with E-state index in [4.69, 9.17) is 4.74 Å². The van der Waals surface area contributed by atoms with E-state index in [1.54, 1.807) is 31.4 Å². The fraction of sp³-hybridized carbons (Fsp3) is 0.552. The molecule has 2 aromatic carbocycles. The SMILES string of the molecule is COc1ccc(S(=O)(=O)N2CCC[C@H](C(=O)Nc3ccc(C45CC6CC(CC(C6)C4)C5)cc3)C2)cc1. The number of hydrogen-bond donors (Lipinski definition) is 1. The van der Waals surface area contributed by atoms with Crippen LogP contribution in [0, 0.1) is 23.7 Å². The molecule has 1 amide bonds. The zero-order valence-corrected chi connectivity index (χ0v) is 21.8. The lowest BCUT2D eigenvalue weighted by Gasteiger charge is -2.57. The van der Waals surface area contributed by atoms with E-state index in [1.165, 1.54) is 48.4 Å².